The monoisotopic (exact) mass is 577 g/mol. The van der Waals surface area contributed by atoms with Gasteiger partial charge in [-0.15, -0.1) is 0 Å². The molecule has 3 aromatic rings. The van der Waals surface area contributed by atoms with E-state index in [1.165, 1.54) is 35.2 Å². The molecule has 2 amide bonds. The molecule has 4 rings (SSSR count). The molecule has 0 saturated carbocycles. The van der Waals surface area contributed by atoms with Crippen molar-refractivity contribution in [2.45, 2.75) is 18.4 Å². The van der Waals surface area contributed by atoms with Crippen LogP contribution in [0.25, 0.3) is 6.08 Å². The van der Waals surface area contributed by atoms with Crippen molar-refractivity contribution in [2.75, 3.05) is 0 Å². The van der Waals surface area contributed by atoms with Crippen molar-refractivity contribution < 1.29 is 22.2 Å². The van der Waals surface area contributed by atoms with E-state index >= 15 is 0 Å². The topological polar surface area (TPSA) is 80.8 Å². The van der Waals surface area contributed by atoms with Crippen molar-refractivity contribution in [1.29, 1.82) is 0 Å². The summed E-state index contributed by atoms with van der Waals surface area (Å²) in [6.45, 7) is 2.14. The number of nitrogens with zero attached hydrogens (tertiary/aromatic N) is 1. The summed E-state index contributed by atoms with van der Waals surface area (Å²) in [6, 6.07) is 17.9. The van der Waals surface area contributed by atoms with E-state index in [9.17, 15) is 18.0 Å². The molecule has 0 aromatic heterocycles. The van der Waals surface area contributed by atoms with Crippen LogP contribution in [-0.2, 0) is 21.5 Å². The van der Waals surface area contributed by atoms with Crippen LogP contribution < -0.4 is 4.18 Å². The van der Waals surface area contributed by atoms with Gasteiger partial charge in [-0.25, -0.2) is 0 Å². The normalized spacial score (nSPS) is 15.3. The molecular weight excluding hydrogens is 562 g/mol. The molecule has 6 nitrogen and oxygen atoms in total. The largest absolute Gasteiger partial charge is 0.378 e. The van der Waals surface area contributed by atoms with Gasteiger partial charge in [0.25, 0.3) is 11.1 Å². The van der Waals surface area contributed by atoms with Gasteiger partial charge >= 0.3 is 10.1 Å². The molecule has 0 spiro atoms. The SMILES string of the molecule is Cc1cccc(CN2C(=O)S/C(=C\c3ccc(OS(=O)(=O)c4ccc(Cl)cc4)c(Br)c3)C2=O)c1. The van der Waals surface area contributed by atoms with Gasteiger partial charge in [0.15, 0.2) is 5.75 Å². The Morgan fingerprint density at radius 2 is 1.79 bits per heavy atom. The molecule has 0 bridgehead atoms. The van der Waals surface area contributed by atoms with Crippen LogP contribution in [0, 0.1) is 6.92 Å². The summed E-state index contributed by atoms with van der Waals surface area (Å²) in [7, 11) is -4.06. The Morgan fingerprint density at radius 3 is 2.47 bits per heavy atom. The maximum atomic E-state index is 12.8. The van der Waals surface area contributed by atoms with E-state index in [1.807, 2.05) is 31.2 Å². The number of halogens is 2. The number of carbonyl (C=O) groups is 2. The lowest BCUT2D eigenvalue weighted by Crippen LogP contribution is -2.27. The Balaban J connectivity index is 1.51. The molecule has 0 radical (unpaired) electrons. The molecule has 34 heavy (non-hydrogen) atoms. The van der Waals surface area contributed by atoms with Gasteiger partial charge < -0.3 is 4.18 Å². The maximum Gasteiger partial charge on any atom is 0.339 e. The first-order valence-electron chi connectivity index (χ1n) is 9.93. The number of benzene rings is 3. The van der Waals surface area contributed by atoms with E-state index in [0.29, 0.717) is 15.1 Å². The molecule has 1 fully saturated rings. The average Bonchev–Trinajstić information content (AvgIpc) is 3.03. The van der Waals surface area contributed by atoms with E-state index in [4.69, 9.17) is 15.8 Å². The van der Waals surface area contributed by atoms with Crippen molar-refractivity contribution in [1.82, 2.24) is 4.90 Å². The first-order chi connectivity index (χ1) is 16.1. The van der Waals surface area contributed by atoms with Gasteiger partial charge in [-0.3, -0.25) is 14.5 Å². The molecule has 1 heterocycles. The van der Waals surface area contributed by atoms with Gasteiger partial charge in [-0.2, -0.15) is 8.42 Å². The number of aryl methyl sites for hydroxylation is 1. The number of amides is 2. The lowest BCUT2D eigenvalue weighted by atomic mass is 10.1. The minimum Gasteiger partial charge on any atom is -0.378 e. The van der Waals surface area contributed by atoms with Gasteiger partial charge in [0.2, 0.25) is 0 Å². The van der Waals surface area contributed by atoms with Crippen LogP contribution in [0.15, 0.2) is 81.0 Å². The zero-order chi connectivity index (χ0) is 24.5. The lowest BCUT2D eigenvalue weighted by molar-refractivity contribution is -0.123. The molecule has 0 unspecified atom stereocenters. The van der Waals surface area contributed by atoms with Crippen molar-refractivity contribution in [3.05, 3.63) is 97.8 Å². The third-order valence-electron chi connectivity index (χ3n) is 4.85. The number of rotatable bonds is 6. The highest BCUT2D eigenvalue weighted by atomic mass is 79.9. The Hall–Kier alpha value is -2.59. The van der Waals surface area contributed by atoms with Crippen molar-refractivity contribution in [3.63, 3.8) is 0 Å². The average molecular weight is 579 g/mol. The predicted molar refractivity (Wildman–Crippen MR) is 136 cm³/mol. The predicted octanol–water partition coefficient (Wildman–Crippen LogP) is 6.42. The summed E-state index contributed by atoms with van der Waals surface area (Å²) in [5, 5.41) is 0.0682. The molecule has 1 aliphatic rings. The van der Waals surface area contributed by atoms with E-state index in [1.54, 1.807) is 18.2 Å². The van der Waals surface area contributed by atoms with Gasteiger partial charge in [-0.05, 0) is 88.2 Å². The summed E-state index contributed by atoms with van der Waals surface area (Å²) < 4.78 is 30.7. The third-order valence-corrected chi connectivity index (χ3v) is 7.88. The fourth-order valence-corrected chi connectivity index (χ4v) is 5.72. The minimum absolute atomic E-state index is 0.0323. The fraction of sp³-hybridized carbons (Fsp3) is 0.0833. The first kappa shape index (κ1) is 24.5. The van der Waals surface area contributed by atoms with Crippen molar-refractivity contribution in [2.24, 2.45) is 0 Å². The van der Waals surface area contributed by atoms with Crippen LogP contribution in [-0.4, -0.2) is 24.5 Å². The number of carbonyl (C=O) groups excluding carboxylic acids is 2. The van der Waals surface area contributed by atoms with Crippen molar-refractivity contribution >= 4 is 66.6 Å². The molecular formula is C24H17BrClNO5S2. The second kappa shape index (κ2) is 9.95. The maximum absolute atomic E-state index is 12.8. The van der Waals surface area contributed by atoms with Gasteiger partial charge in [0.05, 0.1) is 15.9 Å². The van der Waals surface area contributed by atoms with Crippen LogP contribution in [0.1, 0.15) is 16.7 Å². The van der Waals surface area contributed by atoms with Gasteiger partial charge in [0, 0.05) is 5.02 Å². The number of hydrogen-bond donors (Lipinski definition) is 0. The zero-order valence-electron chi connectivity index (χ0n) is 17.7. The highest BCUT2D eigenvalue weighted by Gasteiger charge is 2.35. The standard InChI is InChI=1S/C24H17BrClNO5S2/c1-15-3-2-4-17(11-15)14-27-23(28)22(33-24(27)29)13-16-5-10-21(20(25)12-16)32-34(30,31)19-8-6-18(26)7-9-19/h2-13H,14H2,1H3/b22-13-. The molecule has 3 aromatic carbocycles. The summed E-state index contributed by atoms with van der Waals surface area (Å²) >= 11 is 9.99. The van der Waals surface area contributed by atoms with Crippen LogP contribution >= 0.6 is 39.3 Å². The van der Waals surface area contributed by atoms with Crippen molar-refractivity contribution in [3.8, 4) is 5.75 Å². The first-order valence-corrected chi connectivity index (χ1v) is 13.3. The molecule has 10 heteroatoms. The molecule has 1 aliphatic heterocycles. The van der Waals surface area contributed by atoms with E-state index in [-0.39, 0.29) is 33.2 Å². The van der Waals surface area contributed by atoms with Crippen LogP contribution in [0.4, 0.5) is 4.79 Å². The summed E-state index contributed by atoms with van der Waals surface area (Å²) in [4.78, 5) is 26.7. The highest BCUT2D eigenvalue weighted by Crippen LogP contribution is 2.35. The number of imide groups is 1. The van der Waals surface area contributed by atoms with E-state index < -0.39 is 10.1 Å². The highest BCUT2D eigenvalue weighted by molar-refractivity contribution is 9.10. The molecule has 174 valence electrons. The van der Waals surface area contributed by atoms with E-state index in [0.717, 1.165) is 22.9 Å². The summed E-state index contributed by atoms with van der Waals surface area (Å²) in [5.41, 5.74) is 2.52. The second-order valence-electron chi connectivity index (χ2n) is 7.44. The lowest BCUT2D eigenvalue weighted by Gasteiger charge is -2.12. The Kier molecular flexibility index (Phi) is 7.18. The van der Waals surface area contributed by atoms with Crippen LogP contribution in [0.3, 0.4) is 0 Å². The number of thioether (sulfide) groups is 1. The smallest absolute Gasteiger partial charge is 0.339 e. The summed E-state index contributed by atoms with van der Waals surface area (Å²) in [6.07, 6.45) is 1.59. The second-order valence-corrected chi connectivity index (χ2v) is 11.3. The third kappa shape index (κ3) is 5.55. The Bertz CT molecular complexity index is 1420. The van der Waals surface area contributed by atoms with E-state index in [2.05, 4.69) is 15.9 Å². The minimum atomic E-state index is -4.06. The Morgan fingerprint density at radius 1 is 1.06 bits per heavy atom. The van der Waals surface area contributed by atoms with Gasteiger partial charge in [-0.1, -0.05) is 47.5 Å². The van der Waals surface area contributed by atoms with Crippen LogP contribution in [0.5, 0.6) is 5.75 Å². The molecule has 0 aliphatic carbocycles. The quantitative estimate of drug-likeness (QED) is 0.248. The number of hydrogen-bond acceptors (Lipinski definition) is 6. The molecule has 1 saturated heterocycles. The molecule has 0 N–H and O–H groups in total. The van der Waals surface area contributed by atoms with Crippen LogP contribution in [0.2, 0.25) is 5.02 Å². The molecule has 0 atom stereocenters. The fourth-order valence-electron chi connectivity index (χ4n) is 3.22. The Labute approximate surface area is 214 Å². The van der Waals surface area contributed by atoms with Gasteiger partial charge in [0.1, 0.15) is 4.90 Å². The zero-order valence-corrected chi connectivity index (χ0v) is 21.7. The summed E-state index contributed by atoms with van der Waals surface area (Å²) in [5.74, 6) is -0.294.